The molecular formula is C20H34N8O16. The molecule has 0 fully saturated rings. The zero-order valence-electron chi connectivity index (χ0n) is 23.5. The number of amides is 4. The molecule has 6 unspecified atom stereocenters. The molecule has 44 heavy (non-hydrogen) atoms. The molecule has 0 saturated carbocycles. The van der Waals surface area contributed by atoms with E-state index >= 15 is 0 Å². The summed E-state index contributed by atoms with van der Waals surface area (Å²) in [5.41, 5.74) is 9.71. The minimum absolute atomic E-state index is 0.648. The van der Waals surface area contributed by atoms with E-state index in [1.165, 1.54) is 0 Å². The van der Waals surface area contributed by atoms with Gasteiger partial charge in [-0.15, -0.1) is 0 Å². The number of nitrogens with one attached hydrogen (secondary N) is 4. The van der Waals surface area contributed by atoms with Gasteiger partial charge in [0.2, 0.25) is 23.6 Å². The van der Waals surface area contributed by atoms with Crippen LogP contribution in [0.1, 0.15) is 27.7 Å². The number of carboxylic acids is 4. The molecular weight excluding hydrogens is 608 g/mol. The molecule has 0 aromatic carbocycles. The zero-order valence-corrected chi connectivity index (χ0v) is 23.5. The normalized spacial score (nSPS) is 13.7. The maximum absolute atomic E-state index is 11.3. The van der Waals surface area contributed by atoms with Crippen molar-refractivity contribution in [3.8, 4) is 0 Å². The second kappa shape index (κ2) is 21.3. The summed E-state index contributed by atoms with van der Waals surface area (Å²) in [6.07, 6.45) is 0. The Morgan fingerprint density at radius 3 is 0.795 bits per heavy atom. The first kappa shape index (κ1) is 43.0. The van der Waals surface area contributed by atoms with Gasteiger partial charge in [0.05, 0.1) is 0 Å². The highest BCUT2D eigenvalue weighted by molar-refractivity contribution is 5.93. The highest BCUT2D eigenvalue weighted by Crippen LogP contribution is 2.00. The largest absolute Gasteiger partial charge is 0.480 e. The molecule has 0 radical (unpaired) electrons. The van der Waals surface area contributed by atoms with Crippen LogP contribution in [-0.4, -0.2) is 116 Å². The van der Waals surface area contributed by atoms with Crippen molar-refractivity contribution in [1.29, 1.82) is 0 Å². The second-order valence-electron chi connectivity index (χ2n) is 7.99. The molecule has 0 heterocycles. The third-order valence-electron chi connectivity index (χ3n) is 4.33. The van der Waals surface area contributed by atoms with Crippen LogP contribution < -0.4 is 44.5 Å². The van der Waals surface area contributed by atoms with Gasteiger partial charge in [-0.25, -0.2) is 19.2 Å². The minimum atomic E-state index is -1.71. The predicted octanol–water partition coefficient (Wildman–Crippen LogP) is -7.20. The zero-order chi connectivity index (χ0) is 35.5. The van der Waals surface area contributed by atoms with Crippen molar-refractivity contribution in [2.45, 2.75) is 63.9 Å². The van der Waals surface area contributed by atoms with E-state index in [0.717, 1.165) is 27.7 Å². The number of carboxylic acid groups (broad SMARTS) is 4. The molecule has 0 aliphatic carbocycles. The first-order valence-corrected chi connectivity index (χ1v) is 11.4. The standard InChI is InChI=1S/C8H14N4O6.C8H12N2O6.C4H8N2O4/c1-3(13)11-5(7(15)17-9)6(8(16)18-10)12-4(2)14;1-3(11)9-5(7(13)14)6(8(15)16)10-4(2)12;5-1(3(7)8)2(6)4(9)10/h5-6H,9-10H2,1-2H3,(H,11,13)(H,12,14);5-6H,1-2H3,(H,9,11)(H,10,12)(H,13,14)(H,15,16);1-2H,5-6H2,(H,7,8)(H,9,10). The van der Waals surface area contributed by atoms with Gasteiger partial charge >= 0.3 is 35.8 Å². The Kier molecular flexibility index (Phi) is 20.8. The third-order valence-corrected chi connectivity index (χ3v) is 4.33. The van der Waals surface area contributed by atoms with E-state index in [1.807, 2.05) is 10.6 Å². The van der Waals surface area contributed by atoms with Crippen molar-refractivity contribution in [3.05, 3.63) is 0 Å². The summed E-state index contributed by atoms with van der Waals surface area (Å²) < 4.78 is 0. The SMILES string of the molecule is CC(=O)NC(C(=O)O)C(NC(C)=O)C(=O)O.CC(=O)NC(C(=O)ON)C(NC(C)=O)C(=O)ON.NC(C(=O)O)C(N)C(=O)O. The van der Waals surface area contributed by atoms with Gasteiger partial charge in [0, 0.05) is 27.7 Å². The van der Waals surface area contributed by atoms with Gasteiger partial charge < -0.3 is 62.8 Å². The summed E-state index contributed by atoms with van der Waals surface area (Å²) >= 11 is 0. The Morgan fingerprint density at radius 1 is 0.455 bits per heavy atom. The van der Waals surface area contributed by atoms with E-state index in [9.17, 15) is 47.9 Å². The van der Waals surface area contributed by atoms with Gasteiger partial charge in [-0.2, -0.15) is 11.8 Å². The average Bonchev–Trinajstić information content (AvgIpc) is 2.90. The molecule has 0 bridgehead atoms. The molecule has 6 atom stereocenters. The summed E-state index contributed by atoms with van der Waals surface area (Å²) in [4.78, 5) is 115. The maximum atomic E-state index is 11.3. The summed E-state index contributed by atoms with van der Waals surface area (Å²) in [5.74, 6) is -1.60. The van der Waals surface area contributed by atoms with E-state index < -0.39 is 95.7 Å². The van der Waals surface area contributed by atoms with Gasteiger partial charge in [0.25, 0.3) is 0 Å². The molecule has 0 aliphatic heterocycles. The van der Waals surface area contributed by atoms with Crippen LogP contribution in [0.2, 0.25) is 0 Å². The number of carbonyl (C=O) groups is 10. The van der Waals surface area contributed by atoms with Crippen molar-refractivity contribution >= 4 is 59.4 Å². The first-order chi connectivity index (χ1) is 20.0. The van der Waals surface area contributed by atoms with Crippen LogP contribution in [0.4, 0.5) is 0 Å². The smallest absolute Gasteiger partial charge is 0.349 e. The predicted molar refractivity (Wildman–Crippen MR) is 137 cm³/mol. The monoisotopic (exact) mass is 642 g/mol. The number of aliphatic carboxylic acids is 4. The molecule has 0 aromatic heterocycles. The Balaban J connectivity index is -0.000000596. The number of nitrogens with two attached hydrogens (primary N) is 4. The fourth-order valence-electron chi connectivity index (χ4n) is 2.46. The van der Waals surface area contributed by atoms with E-state index in [0.29, 0.717) is 0 Å². The van der Waals surface area contributed by atoms with E-state index in [2.05, 4.69) is 32.1 Å². The summed E-state index contributed by atoms with van der Waals surface area (Å²) in [5, 5.41) is 41.8. The van der Waals surface area contributed by atoms with Crippen molar-refractivity contribution in [2.24, 2.45) is 23.3 Å². The molecule has 0 aromatic rings. The van der Waals surface area contributed by atoms with Crippen LogP contribution in [0, 0.1) is 0 Å². The third kappa shape index (κ3) is 18.1. The lowest BCUT2D eigenvalue weighted by atomic mass is 10.1. The Morgan fingerprint density at radius 2 is 0.659 bits per heavy atom. The Labute approximate surface area is 246 Å². The summed E-state index contributed by atoms with van der Waals surface area (Å²) in [6.45, 7) is 4.27. The summed E-state index contributed by atoms with van der Waals surface area (Å²) in [6, 6.07) is -9.60. The van der Waals surface area contributed by atoms with Gasteiger partial charge in [0.15, 0.2) is 24.2 Å². The first-order valence-electron chi connectivity index (χ1n) is 11.4. The highest BCUT2D eigenvalue weighted by atomic mass is 16.7. The van der Waals surface area contributed by atoms with E-state index in [1.54, 1.807) is 0 Å². The van der Waals surface area contributed by atoms with Crippen molar-refractivity contribution in [2.75, 3.05) is 0 Å². The number of hydrogen-bond donors (Lipinski definition) is 12. The summed E-state index contributed by atoms with van der Waals surface area (Å²) in [7, 11) is 0. The molecule has 0 aliphatic rings. The Hall–Kier alpha value is -5.46. The number of rotatable bonds is 13. The average molecular weight is 643 g/mol. The molecule has 0 saturated heterocycles. The fraction of sp³-hybridized carbons (Fsp3) is 0.500. The molecule has 24 nitrogen and oxygen atoms in total. The molecule has 250 valence electrons. The lowest BCUT2D eigenvalue weighted by Gasteiger charge is -2.23. The van der Waals surface area contributed by atoms with Crippen molar-refractivity contribution < 1.29 is 78.0 Å². The number of carbonyl (C=O) groups excluding carboxylic acids is 6. The topological polar surface area (TPSA) is 422 Å². The molecule has 0 spiro atoms. The van der Waals surface area contributed by atoms with Crippen LogP contribution in [-0.2, 0) is 57.6 Å². The lowest BCUT2D eigenvalue weighted by Crippen LogP contribution is -2.60. The van der Waals surface area contributed by atoms with Crippen LogP contribution in [0.3, 0.4) is 0 Å². The van der Waals surface area contributed by atoms with Crippen LogP contribution in [0.5, 0.6) is 0 Å². The lowest BCUT2D eigenvalue weighted by molar-refractivity contribution is -0.157. The van der Waals surface area contributed by atoms with Crippen LogP contribution >= 0.6 is 0 Å². The fourth-order valence-corrected chi connectivity index (χ4v) is 2.46. The van der Waals surface area contributed by atoms with E-state index in [-0.39, 0.29) is 0 Å². The van der Waals surface area contributed by atoms with Crippen LogP contribution in [0.25, 0.3) is 0 Å². The van der Waals surface area contributed by atoms with Gasteiger partial charge in [-0.1, -0.05) is 0 Å². The highest BCUT2D eigenvalue weighted by Gasteiger charge is 2.38. The van der Waals surface area contributed by atoms with Crippen molar-refractivity contribution in [3.63, 3.8) is 0 Å². The second-order valence-corrected chi connectivity index (χ2v) is 7.99. The number of hydrogen-bond acceptors (Lipinski definition) is 16. The molecule has 4 amide bonds. The van der Waals surface area contributed by atoms with Gasteiger partial charge in [-0.05, 0) is 0 Å². The van der Waals surface area contributed by atoms with E-state index in [4.69, 9.17) is 31.9 Å². The molecule has 24 heteroatoms. The quantitative estimate of drug-likeness (QED) is 0.0830. The molecule has 0 rings (SSSR count). The van der Waals surface area contributed by atoms with Crippen molar-refractivity contribution in [1.82, 2.24) is 21.3 Å². The molecule has 16 N–H and O–H groups in total. The van der Waals surface area contributed by atoms with Gasteiger partial charge in [0.1, 0.15) is 12.1 Å². The Bertz CT molecular complexity index is 1020. The maximum Gasteiger partial charge on any atom is 0.349 e. The van der Waals surface area contributed by atoms with Crippen LogP contribution in [0.15, 0.2) is 0 Å². The minimum Gasteiger partial charge on any atom is -0.480 e. The van der Waals surface area contributed by atoms with Gasteiger partial charge in [-0.3, -0.25) is 28.8 Å².